The van der Waals surface area contributed by atoms with Crippen molar-refractivity contribution in [3.05, 3.63) is 53.7 Å². The third kappa shape index (κ3) is 2.16. The number of rotatable bonds is 2. The Morgan fingerprint density at radius 3 is 2.74 bits per heavy atom. The minimum Gasteiger partial charge on any atom is -0.345 e. The zero-order chi connectivity index (χ0) is 13.2. The van der Waals surface area contributed by atoms with Crippen molar-refractivity contribution in [2.24, 2.45) is 0 Å². The topological polar surface area (TPSA) is 48.7 Å². The van der Waals surface area contributed by atoms with Crippen LogP contribution in [0.15, 0.2) is 42.5 Å². The van der Waals surface area contributed by atoms with Crippen molar-refractivity contribution in [2.75, 3.05) is 5.32 Å². The lowest BCUT2D eigenvalue weighted by molar-refractivity contribution is 1.31. The number of aryl methyl sites for hydroxylation is 1. The van der Waals surface area contributed by atoms with E-state index in [1.807, 2.05) is 25.1 Å². The molecule has 1 N–H and O–H groups in total. The summed E-state index contributed by atoms with van der Waals surface area (Å²) in [5.41, 5.74) is 2.37. The minimum absolute atomic E-state index is 0.623. The second kappa shape index (κ2) is 4.71. The predicted octanol–water partition coefficient (Wildman–Crippen LogP) is 4.22. The number of nitrogens with zero attached hydrogens (tertiary/aromatic N) is 2. The van der Waals surface area contributed by atoms with Crippen LogP contribution in [0.4, 0.5) is 10.7 Å². The van der Waals surface area contributed by atoms with Crippen LogP contribution in [0.5, 0.6) is 0 Å². The van der Waals surface area contributed by atoms with E-state index >= 15 is 0 Å². The Hall–Kier alpha value is -2.38. The van der Waals surface area contributed by atoms with Crippen LogP contribution in [0.25, 0.3) is 10.8 Å². The van der Waals surface area contributed by atoms with E-state index < -0.39 is 0 Å². The van der Waals surface area contributed by atoms with Gasteiger partial charge in [-0.3, -0.25) is 0 Å². The van der Waals surface area contributed by atoms with Gasteiger partial charge < -0.3 is 5.32 Å². The summed E-state index contributed by atoms with van der Waals surface area (Å²) in [6.45, 7) is 1.85. The van der Waals surface area contributed by atoms with E-state index in [-0.39, 0.29) is 0 Å². The molecule has 3 rings (SSSR count). The Balaban J connectivity index is 1.99. The van der Waals surface area contributed by atoms with Crippen LogP contribution in [0, 0.1) is 18.3 Å². The van der Waals surface area contributed by atoms with Gasteiger partial charge in [0, 0.05) is 5.69 Å². The maximum Gasteiger partial charge on any atom is 0.132 e. The van der Waals surface area contributed by atoms with Crippen molar-refractivity contribution in [3.8, 4) is 6.07 Å². The molecule has 92 valence electrons. The van der Waals surface area contributed by atoms with Gasteiger partial charge in [0.1, 0.15) is 16.6 Å². The molecule has 0 aliphatic rings. The lowest BCUT2D eigenvalue weighted by Crippen LogP contribution is -1.90. The Morgan fingerprint density at radius 2 is 1.95 bits per heavy atom. The molecule has 0 aliphatic heterocycles. The third-order valence-electron chi connectivity index (χ3n) is 2.98. The van der Waals surface area contributed by atoms with Crippen molar-refractivity contribution in [2.45, 2.75) is 6.92 Å². The lowest BCUT2D eigenvalue weighted by atomic mass is 10.1. The third-order valence-corrected chi connectivity index (χ3v) is 3.84. The van der Waals surface area contributed by atoms with Crippen molar-refractivity contribution >= 4 is 33.0 Å². The number of nitrogens with one attached hydrogen (secondary N) is 1. The molecule has 3 nitrogen and oxygen atoms in total. The van der Waals surface area contributed by atoms with Crippen molar-refractivity contribution < 1.29 is 0 Å². The monoisotopic (exact) mass is 265 g/mol. The van der Waals surface area contributed by atoms with E-state index in [9.17, 15) is 0 Å². The van der Waals surface area contributed by atoms with E-state index in [1.165, 1.54) is 22.3 Å². The van der Waals surface area contributed by atoms with Crippen LogP contribution >= 0.6 is 11.5 Å². The minimum atomic E-state index is 0.623. The Morgan fingerprint density at radius 1 is 1.16 bits per heavy atom. The van der Waals surface area contributed by atoms with Crippen molar-refractivity contribution in [1.29, 1.82) is 5.26 Å². The summed E-state index contributed by atoms with van der Waals surface area (Å²) in [6.07, 6.45) is 0. The molecule has 0 saturated heterocycles. The number of nitriles is 1. The zero-order valence-electron chi connectivity index (χ0n) is 10.3. The van der Waals surface area contributed by atoms with Gasteiger partial charge in [0.25, 0.3) is 0 Å². The molecule has 0 aliphatic carbocycles. The largest absolute Gasteiger partial charge is 0.345 e. The van der Waals surface area contributed by atoms with Gasteiger partial charge in [-0.1, -0.05) is 30.3 Å². The molecule has 0 atom stereocenters. The first-order valence-electron chi connectivity index (χ1n) is 5.90. The maximum atomic E-state index is 9.11. The lowest BCUT2D eigenvalue weighted by Gasteiger charge is -2.05. The summed E-state index contributed by atoms with van der Waals surface area (Å²) in [5, 5.41) is 15.6. The molecule has 19 heavy (non-hydrogen) atoms. The first-order valence-corrected chi connectivity index (χ1v) is 6.67. The highest BCUT2D eigenvalue weighted by atomic mass is 32.1. The van der Waals surface area contributed by atoms with Gasteiger partial charge >= 0.3 is 0 Å². The molecule has 0 radical (unpaired) electrons. The SMILES string of the molecule is Cc1nsc(Nc2ccc3ccccc3c2)c1C#N. The van der Waals surface area contributed by atoms with Crippen LogP contribution in [0.2, 0.25) is 0 Å². The zero-order valence-corrected chi connectivity index (χ0v) is 11.2. The van der Waals surface area contributed by atoms with E-state index in [4.69, 9.17) is 5.26 Å². The number of benzene rings is 2. The van der Waals surface area contributed by atoms with Gasteiger partial charge in [-0.2, -0.15) is 9.64 Å². The summed E-state index contributed by atoms with van der Waals surface area (Å²) in [5.74, 6) is 0. The highest BCUT2D eigenvalue weighted by molar-refractivity contribution is 7.10. The summed E-state index contributed by atoms with van der Waals surface area (Å²) < 4.78 is 4.20. The summed E-state index contributed by atoms with van der Waals surface area (Å²) >= 11 is 1.32. The molecule has 0 spiro atoms. The average Bonchev–Trinajstić information content (AvgIpc) is 2.79. The standard InChI is InChI=1S/C15H11N3S/c1-10-14(9-16)15(19-18-10)17-13-7-6-11-4-2-3-5-12(11)8-13/h2-8,17H,1H3. The number of fused-ring (bicyclic) bond motifs is 1. The van der Waals surface area contributed by atoms with Crippen LogP contribution in [-0.4, -0.2) is 4.37 Å². The van der Waals surface area contributed by atoms with Gasteiger partial charge in [-0.15, -0.1) is 0 Å². The number of hydrogen-bond donors (Lipinski definition) is 1. The van der Waals surface area contributed by atoms with Crippen LogP contribution < -0.4 is 5.32 Å². The van der Waals surface area contributed by atoms with Crippen LogP contribution in [0.1, 0.15) is 11.3 Å². The fourth-order valence-electron chi connectivity index (χ4n) is 1.98. The highest BCUT2D eigenvalue weighted by Gasteiger charge is 2.10. The highest BCUT2D eigenvalue weighted by Crippen LogP contribution is 2.28. The van der Waals surface area contributed by atoms with E-state index in [1.54, 1.807) is 0 Å². The maximum absolute atomic E-state index is 9.11. The summed E-state index contributed by atoms with van der Waals surface area (Å²) in [7, 11) is 0. The number of hydrogen-bond acceptors (Lipinski definition) is 4. The molecular weight excluding hydrogens is 254 g/mol. The molecule has 0 unspecified atom stereocenters. The molecule has 0 bridgehead atoms. The molecule has 0 saturated carbocycles. The second-order valence-corrected chi connectivity index (χ2v) is 5.04. The molecule has 1 heterocycles. The molecule has 0 amide bonds. The first kappa shape index (κ1) is 11.7. The van der Waals surface area contributed by atoms with Crippen LogP contribution in [0.3, 0.4) is 0 Å². The van der Waals surface area contributed by atoms with E-state index in [2.05, 4.69) is 40.0 Å². The van der Waals surface area contributed by atoms with Crippen LogP contribution in [-0.2, 0) is 0 Å². The summed E-state index contributed by atoms with van der Waals surface area (Å²) in [4.78, 5) is 0. The quantitative estimate of drug-likeness (QED) is 0.754. The van der Waals surface area contributed by atoms with Gasteiger partial charge in [-0.25, -0.2) is 0 Å². The molecule has 2 aromatic carbocycles. The van der Waals surface area contributed by atoms with Gasteiger partial charge in [0.05, 0.1) is 5.69 Å². The van der Waals surface area contributed by atoms with Crippen molar-refractivity contribution in [3.63, 3.8) is 0 Å². The first-order chi connectivity index (χ1) is 9.28. The van der Waals surface area contributed by atoms with E-state index in [0.29, 0.717) is 5.56 Å². The van der Waals surface area contributed by atoms with E-state index in [0.717, 1.165) is 16.4 Å². The van der Waals surface area contributed by atoms with Gasteiger partial charge in [0.15, 0.2) is 0 Å². The van der Waals surface area contributed by atoms with Crippen molar-refractivity contribution in [1.82, 2.24) is 4.37 Å². The fraction of sp³-hybridized carbons (Fsp3) is 0.0667. The second-order valence-electron chi connectivity index (χ2n) is 4.27. The normalized spacial score (nSPS) is 10.3. The Labute approximate surface area is 115 Å². The Kier molecular flexibility index (Phi) is 2.90. The summed E-state index contributed by atoms with van der Waals surface area (Å²) in [6, 6.07) is 16.5. The van der Waals surface area contributed by atoms with Gasteiger partial charge in [-0.05, 0) is 41.4 Å². The number of anilines is 2. The smallest absolute Gasteiger partial charge is 0.132 e. The molecule has 4 heteroatoms. The van der Waals surface area contributed by atoms with Gasteiger partial charge in [0.2, 0.25) is 0 Å². The fourth-order valence-corrected chi connectivity index (χ4v) is 2.75. The predicted molar refractivity (Wildman–Crippen MR) is 78.8 cm³/mol. The average molecular weight is 265 g/mol. The Bertz CT molecular complexity index is 783. The number of aromatic nitrogens is 1. The molecular formula is C15H11N3S. The molecule has 1 aromatic heterocycles. The molecule has 3 aromatic rings. The molecule has 0 fully saturated rings.